The number of carboxylic acids is 1. The summed E-state index contributed by atoms with van der Waals surface area (Å²) in [6, 6.07) is -1.61. The van der Waals surface area contributed by atoms with Crippen molar-refractivity contribution < 1.29 is 23.4 Å². The number of aromatic nitrogens is 2. The van der Waals surface area contributed by atoms with E-state index >= 15 is 0 Å². The maximum absolute atomic E-state index is 11.8. The smallest absolute Gasteiger partial charge is 0.324 e. The Hall–Kier alpha value is -1.45. The molecule has 0 saturated heterocycles. The molecule has 8 nitrogen and oxygen atoms in total. The van der Waals surface area contributed by atoms with Gasteiger partial charge in [-0.1, -0.05) is 0 Å². The number of aliphatic hydroxyl groups is 1. The first kappa shape index (κ1) is 14.6. The summed E-state index contributed by atoms with van der Waals surface area (Å²) in [4.78, 5) is 14.5. The predicted molar refractivity (Wildman–Crippen MR) is 61.3 cm³/mol. The summed E-state index contributed by atoms with van der Waals surface area (Å²) in [6.45, 7) is 3.54. The Bertz CT molecular complexity index is 522. The number of rotatable bonds is 6. The third-order valence-electron chi connectivity index (χ3n) is 2.28. The molecule has 0 fully saturated rings. The van der Waals surface area contributed by atoms with E-state index in [9.17, 15) is 18.3 Å². The second kappa shape index (κ2) is 5.46. The maximum Gasteiger partial charge on any atom is 0.324 e. The number of hydrogen-bond acceptors (Lipinski definition) is 5. The van der Waals surface area contributed by atoms with Crippen LogP contribution in [0.1, 0.15) is 13.8 Å². The van der Waals surface area contributed by atoms with Gasteiger partial charge in [-0.2, -0.15) is 4.72 Å². The summed E-state index contributed by atoms with van der Waals surface area (Å²) in [7, 11) is -4.06. The number of aliphatic carboxylic acids is 1. The molecule has 0 bridgehead atoms. The standard InChI is InChI=1S/C9H15N3O5S/c1-3-12-4-7(10-5-12)18(16,17)11-8(6(2)13)9(14)15/h4-6,8,11,13H,3H2,1-2H3,(H,14,15)/t6-,8+/m1/s1. The molecular weight excluding hydrogens is 262 g/mol. The molecule has 0 unspecified atom stereocenters. The van der Waals surface area contributed by atoms with Gasteiger partial charge in [0, 0.05) is 12.7 Å². The van der Waals surface area contributed by atoms with Crippen LogP contribution in [0.15, 0.2) is 17.6 Å². The molecule has 2 atom stereocenters. The van der Waals surface area contributed by atoms with E-state index in [1.807, 2.05) is 4.72 Å². The van der Waals surface area contributed by atoms with Gasteiger partial charge in [-0.25, -0.2) is 13.4 Å². The third-order valence-corrected chi connectivity index (χ3v) is 3.61. The molecule has 0 spiro atoms. The Morgan fingerprint density at radius 3 is 2.61 bits per heavy atom. The Morgan fingerprint density at radius 1 is 1.61 bits per heavy atom. The van der Waals surface area contributed by atoms with Gasteiger partial charge in [0.25, 0.3) is 10.0 Å². The van der Waals surface area contributed by atoms with Crippen LogP contribution < -0.4 is 4.72 Å². The van der Waals surface area contributed by atoms with Crippen LogP contribution in [-0.2, 0) is 21.4 Å². The number of nitrogens with one attached hydrogen (secondary N) is 1. The minimum atomic E-state index is -4.06. The first-order valence-corrected chi connectivity index (χ1v) is 6.71. The second-order valence-electron chi connectivity index (χ2n) is 3.72. The molecule has 0 radical (unpaired) electrons. The molecule has 3 N–H and O–H groups in total. The van der Waals surface area contributed by atoms with Gasteiger partial charge in [0.15, 0.2) is 5.03 Å². The van der Waals surface area contributed by atoms with Crippen molar-refractivity contribution in [3.8, 4) is 0 Å². The lowest BCUT2D eigenvalue weighted by atomic mass is 10.2. The van der Waals surface area contributed by atoms with Crippen molar-refractivity contribution in [3.63, 3.8) is 0 Å². The zero-order valence-corrected chi connectivity index (χ0v) is 10.8. The molecule has 1 heterocycles. The molecule has 0 amide bonds. The normalized spacial score (nSPS) is 15.3. The summed E-state index contributed by atoms with van der Waals surface area (Å²) >= 11 is 0. The third kappa shape index (κ3) is 3.28. The number of nitrogens with zero attached hydrogens (tertiary/aromatic N) is 2. The van der Waals surface area contributed by atoms with Crippen LogP contribution in [0.2, 0.25) is 0 Å². The minimum absolute atomic E-state index is 0.281. The van der Waals surface area contributed by atoms with E-state index in [4.69, 9.17) is 5.11 Å². The quantitative estimate of drug-likeness (QED) is 0.614. The molecule has 0 aliphatic carbocycles. The fraction of sp³-hybridized carbons (Fsp3) is 0.556. The zero-order valence-electron chi connectivity index (χ0n) is 9.94. The first-order chi connectivity index (χ1) is 8.27. The molecule has 0 aliphatic heterocycles. The van der Waals surface area contributed by atoms with Crippen LogP contribution in [0.4, 0.5) is 0 Å². The van der Waals surface area contributed by atoms with Gasteiger partial charge in [0.1, 0.15) is 6.04 Å². The zero-order chi connectivity index (χ0) is 13.9. The highest BCUT2D eigenvalue weighted by molar-refractivity contribution is 7.89. The van der Waals surface area contributed by atoms with Gasteiger partial charge in [-0.3, -0.25) is 4.79 Å². The summed E-state index contributed by atoms with van der Waals surface area (Å²) < 4.78 is 27.1. The largest absolute Gasteiger partial charge is 0.480 e. The highest BCUT2D eigenvalue weighted by Crippen LogP contribution is 2.07. The molecule has 1 rings (SSSR count). The van der Waals surface area contributed by atoms with Gasteiger partial charge in [0.05, 0.1) is 12.4 Å². The molecular formula is C9H15N3O5S. The van der Waals surface area contributed by atoms with Gasteiger partial charge < -0.3 is 14.8 Å². The Labute approximate surface area is 104 Å². The number of carboxylic acid groups (broad SMARTS) is 1. The minimum Gasteiger partial charge on any atom is -0.480 e. The lowest BCUT2D eigenvalue weighted by Gasteiger charge is -2.15. The highest BCUT2D eigenvalue weighted by Gasteiger charge is 2.30. The van der Waals surface area contributed by atoms with Crippen molar-refractivity contribution >= 4 is 16.0 Å². The Balaban J connectivity index is 2.96. The van der Waals surface area contributed by atoms with Crippen LogP contribution >= 0.6 is 0 Å². The Kier molecular flexibility index (Phi) is 4.43. The van der Waals surface area contributed by atoms with Crippen molar-refractivity contribution in [2.24, 2.45) is 0 Å². The molecule has 1 aromatic heterocycles. The van der Waals surface area contributed by atoms with E-state index in [1.165, 1.54) is 24.0 Å². The average Bonchev–Trinajstić information content (AvgIpc) is 2.74. The van der Waals surface area contributed by atoms with Crippen molar-refractivity contribution in [2.75, 3.05) is 0 Å². The molecule has 18 heavy (non-hydrogen) atoms. The van der Waals surface area contributed by atoms with Crippen LogP contribution in [0, 0.1) is 0 Å². The van der Waals surface area contributed by atoms with E-state index < -0.39 is 28.1 Å². The lowest BCUT2D eigenvalue weighted by Crippen LogP contribution is -2.47. The monoisotopic (exact) mass is 277 g/mol. The first-order valence-electron chi connectivity index (χ1n) is 5.23. The number of aryl methyl sites for hydroxylation is 1. The van der Waals surface area contributed by atoms with Crippen LogP contribution in [0.3, 0.4) is 0 Å². The van der Waals surface area contributed by atoms with E-state index in [2.05, 4.69) is 4.98 Å². The highest BCUT2D eigenvalue weighted by atomic mass is 32.2. The number of hydrogen-bond donors (Lipinski definition) is 3. The number of imidazole rings is 1. The summed E-state index contributed by atoms with van der Waals surface area (Å²) in [5.41, 5.74) is 0. The fourth-order valence-electron chi connectivity index (χ4n) is 1.23. The molecule has 0 saturated carbocycles. The van der Waals surface area contributed by atoms with Crippen molar-refractivity contribution in [2.45, 2.75) is 37.6 Å². The van der Waals surface area contributed by atoms with Gasteiger partial charge in [-0.05, 0) is 13.8 Å². The van der Waals surface area contributed by atoms with E-state index in [0.717, 1.165) is 0 Å². The molecule has 9 heteroatoms. The van der Waals surface area contributed by atoms with Crippen LogP contribution in [0.25, 0.3) is 0 Å². The molecule has 1 aromatic rings. The van der Waals surface area contributed by atoms with Gasteiger partial charge in [0.2, 0.25) is 0 Å². The van der Waals surface area contributed by atoms with E-state index in [1.54, 1.807) is 6.92 Å². The van der Waals surface area contributed by atoms with E-state index in [-0.39, 0.29) is 5.03 Å². The van der Waals surface area contributed by atoms with E-state index in [0.29, 0.717) is 6.54 Å². The van der Waals surface area contributed by atoms with Crippen molar-refractivity contribution in [1.82, 2.24) is 14.3 Å². The van der Waals surface area contributed by atoms with Crippen LogP contribution in [-0.4, -0.2) is 46.3 Å². The van der Waals surface area contributed by atoms with Crippen molar-refractivity contribution in [3.05, 3.63) is 12.5 Å². The molecule has 102 valence electrons. The van der Waals surface area contributed by atoms with Crippen molar-refractivity contribution in [1.29, 1.82) is 0 Å². The molecule has 0 aromatic carbocycles. The molecule has 0 aliphatic rings. The van der Waals surface area contributed by atoms with Crippen LogP contribution in [0.5, 0.6) is 0 Å². The predicted octanol–water partition coefficient (Wildman–Crippen LogP) is -0.985. The summed E-state index contributed by atoms with van der Waals surface area (Å²) in [6.07, 6.45) is 1.25. The fourth-order valence-corrected chi connectivity index (χ4v) is 2.45. The number of carbonyl (C=O) groups is 1. The number of sulfonamides is 1. The topological polar surface area (TPSA) is 122 Å². The second-order valence-corrected chi connectivity index (χ2v) is 5.38. The summed E-state index contributed by atoms with van der Waals surface area (Å²) in [5, 5.41) is 17.7. The average molecular weight is 277 g/mol. The SMILES string of the molecule is CCn1cnc(S(=O)(=O)N[C@H](C(=O)O)[C@@H](C)O)c1. The maximum atomic E-state index is 11.8. The number of aliphatic hydroxyl groups excluding tert-OH is 1. The summed E-state index contributed by atoms with van der Waals surface area (Å²) in [5.74, 6) is -1.46. The lowest BCUT2D eigenvalue weighted by molar-refractivity contribution is -0.141. The van der Waals surface area contributed by atoms with Gasteiger partial charge >= 0.3 is 5.97 Å². The van der Waals surface area contributed by atoms with Gasteiger partial charge in [-0.15, -0.1) is 0 Å². The Morgan fingerprint density at radius 2 is 2.22 bits per heavy atom.